The summed E-state index contributed by atoms with van der Waals surface area (Å²) in [5.41, 5.74) is -0.365. The van der Waals surface area contributed by atoms with Gasteiger partial charge in [-0.1, -0.05) is 24.3 Å². The maximum Gasteiger partial charge on any atom is 0.412 e. The predicted molar refractivity (Wildman–Crippen MR) is 65.3 cm³/mol. The van der Waals surface area contributed by atoms with E-state index < -0.39 is 26.2 Å². The molecule has 3 nitrogen and oxygen atoms in total. The first-order valence-electron chi connectivity index (χ1n) is 5.05. The number of hydrogen-bond acceptors (Lipinski definition) is 3. The van der Waals surface area contributed by atoms with Gasteiger partial charge in [0.25, 0.3) is 0 Å². The molecule has 1 atom stereocenters. The van der Waals surface area contributed by atoms with Crippen LogP contribution in [-0.2, 0) is 9.05 Å². The van der Waals surface area contributed by atoms with Gasteiger partial charge >= 0.3 is 6.18 Å². The highest BCUT2D eigenvalue weighted by Crippen LogP contribution is 2.40. The van der Waals surface area contributed by atoms with Crippen molar-refractivity contribution in [1.29, 1.82) is 0 Å². The number of alkyl halides is 3. The van der Waals surface area contributed by atoms with E-state index in [2.05, 4.69) is 4.98 Å². The quantitative estimate of drug-likeness (QED) is 0.799. The summed E-state index contributed by atoms with van der Waals surface area (Å²) < 4.78 is 60.6. The van der Waals surface area contributed by atoms with Crippen LogP contribution in [0.25, 0.3) is 10.9 Å². The Balaban J connectivity index is 2.64. The predicted octanol–water partition coefficient (Wildman–Crippen LogP) is 3.41. The maximum absolute atomic E-state index is 12.8. The van der Waals surface area contributed by atoms with Crippen molar-refractivity contribution in [3.63, 3.8) is 0 Å². The second kappa shape index (κ2) is 4.64. The first-order chi connectivity index (χ1) is 8.69. The number of nitrogens with zero attached hydrogens (tertiary/aromatic N) is 1. The Morgan fingerprint density at radius 2 is 1.74 bits per heavy atom. The number of halogens is 4. The Kier molecular flexibility index (Phi) is 3.44. The van der Waals surface area contributed by atoms with E-state index in [9.17, 15) is 21.6 Å². The molecule has 1 unspecified atom stereocenters. The minimum absolute atomic E-state index is 0.273. The highest BCUT2D eigenvalue weighted by Gasteiger charge is 2.50. The molecule has 0 aliphatic carbocycles. The molecule has 0 amide bonds. The van der Waals surface area contributed by atoms with Crippen molar-refractivity contribution >= 4 is 30.6 Å². The average Bonchev–Trinajstić information content (AvgIpc) is 2.25. The van der Waals surface area contributed by atoms with Crippen molar-refractivity contribution in [2.75, 3.05) is 0 Å². The molecule has 1 heterocycles. The van der Waals surface area contributed by atoms with Gasteiger partial charge in [0.1, 0.15) is 0 Å². The van der Waals surface area contributed by atoms with Crippen LogP contribution < -0.4 is 0 Å². The zero-order chi connectivity index (χ0) is 14.3. The van der Waals surface area contributed by atoms with Crippen LogP contribution in [0.1, 0.15) is 10.9 Å². The Morgan fingerprint density at radius 3 is 2.32 bits per heavy atom. The van der Waals surface area contributed by atoms with Crippen molar-refractivity contribution in [3.05, 3.63) is 42.1 Å². The average molecular weight is 310 g/mol. The molecule has 102 valence electrons. The zero-order valence-corrected chi connectivity index (χ0v) is 10.8. The second-order valence-electron chi connectivity index (χ2n) is 3.83. The van der Waals surface area contributed by atoms with Crippen LogP contribution in [0.5, 0.6) is 0 Å². The van der Waals surface area contributed by atoms with Gasteiger partial charge in [-0.2, -0.15) is 13.2 Å². The van der Waals surface area contributed by atoms with Crippen molar-refractivity contribution in [1.82, 2.24) is 4.98 Å². The Hall–Kier alpha value is -1.34. The molecule has 0 saturated carbocycles. The van der Waals surface area contributed by atoms with Crippen LogP contribution in [0.4, 0.5) is 13.2 Å². The summed E-state index contributed by atoms with van der Waals surface area (Å²) in [5.74, 6) is 0. The third-order valence-corrected chi connectivity index (χ3v) is 4.07. The van der Waals surface area contributed by atoms with Gasteiger partial charge in [-0.05, 0) is 12.1 Å². The summed E-state index contributed by atoms with van der Waals surface area (Å²) >= 11 is 0. The van der Waals surface area contributed by atoms with Crippen molar-refractivity contribution < 1.29 is 21.6 Å². The van der Waals surface area contributed by atoms with Gasteiger partial charge in [-0.25, -0.2) is 8.42 Å². The fraction of sp³-hybridized carbons (Fsp3) is 0.182. The number of fused-ring (bicyclic) bond motifs is 1. The van der Waals surface area contributed by atoms with Crippen LogP contribution in [0.3, 0.4) is 0 Å². The molecule has 0 radical (unpaired) electrons. The number of pyridine rings is 1. The molecule has 1 aromatic carbocycles. The summed E-state index contributed by atoms with van der Waals surface area (Å²) in [5, 5.41) is -2.22. The molecule has 19 heavy (non-hydrogen) atoms. The SMILES string of the molecule is O=S(=O)(Cl)C(c1ccc2ccccc2n1)C(F)(F)F. The van der Waals surface area contributed by atoms with Gasteiger partial charge in [0, 0.05) is 16.1 Å². The van der Waals surface area contributed by atoms with Gasteiger partial charge in [0.2, 0.25) is 14.3 Å². The number of aromatic nitrogens is 1. The van der Waals surface area contributed by atoms with E-state index in [1.165, 1.54) is 12.1 Å². The maximum atomic E-state index is 12.8. The molecule has 2 rings (SSSR count). The molecule has 0 N–H and O–H groups in total. The lowest BCUT2D eigenvalue weighted by molar-refractivity contribution is -0.131. The van der Waals surface area contributed by atoms with E-state index >= 15 is 0 Å². The van der Waals surface area contributed by atoms with E-state index in [1.54, 1.807) is 18.2 Å². The molecule has 0 spiro atoms. The highest BCUT2D eigenvalue weighted by molar-refractivity contribution is 8.14. The first-order valence-corrected chi connectivity index (χ1v) is 7.43. The lowest BCUT2D eigenvalue weighted by Gasteiger charge is -2.16. The smallest absolute Gasteiger partial charge is 0.251 e. The van der Waals surface area contributed by atoms with E-state index in [1.807, 2.05) is 0 Å². The molecular weight excluding hydrogens is 303 g/mol. The van der Waals surface area contributed by atoms with Gasteiger partial charge in [0.05, 0.1) is 11.2 Å². The van der Waals surface area contributed by atoms with Gasteiger partial charge in [-0.3, -0.25) is 4.98 Å². The fourth-order valence-corrected chi connectivity index (χ4v) is 3.02. The standard InChI is InChI=1S/C11H7ClF3NO2S/c12-19(17,18)10(11(13,14)15)9-6-5-7-3-1-2-4-8(7)16-9/h1-6,10H. The Morgan fingerprint density at radius 1 is 1.11 bits per heavy atom. The molecule has 1 aromatic heterocycles. The van der Waals surface area contributed by atoms with Crippen LogP contribution in [0.15, 0.2) is 36.4 Å². The summed E-state index contributed by atoms with van der Waals surface area (Å²) in [4.78, 5) is 3.72. The number of para-hydroxylation sites is 1. The molecule has 2 aromatic rings. The van der Waals surface area contributed by atoms with Gasteiger partial charge < -0.3 is 0 Å². The summed E-state index contributed by atoms with van der Waals surface area (Å²) in [6, 6.07) is 8.83. The largest absolute Gasteiger partial charge is 0.412 e. The van der Waals surface area contributed by atoms with E-state index in [0.29, 0.717) is 5.39 Å². The number of benzene rings is 1. The van der Waals surface area contributed by atoms with E-state index in [-0.39, 0.29) is 5.52 Å². The molecular formula is C11H7ClF3NO2S. The second-order valence-corrected chi connectivity index (χ2v) is 6.54. The van der Waals surface area contributed by atoms with E-state index in [0.717, 1.165) is 6.07 Å². The van der Waals surface area contributed by atoms with Crippen LogP contribution in [-0.4, -0.2) is 19.6 Å². The molecule has 0 fully saturated rings. The Bertz CT molecular complexity index is 715. The van der Waals surface area contributed by atoms with Crippen LogP contribution >= 0.6 is 10.7 Å². The summed E-state index contributed by atoms with van der Waals surface area (Å²) in [7, 11) is 0.0222. The number of rotatable bonds is 2. The Labute approximate surface area is 111 Å². The van der Waals surface area contributed by atoms with Crippen molar-refractivity contribution in [2.45, 2.75) is 11.4 Å². The first kappa shape index (κ1) is 14.1. The van der Waals surface area contributed by atoms with Gasteiger partial charge in [0.15, 0.2) is 0 Å². The van der Waals surface area contributed by atoms with Crippen LogP contribution in [0.2, 0.25) is 0 Å². The van der Waals surface area contributed by atoms with Crippen LogP contribution in [0, 0.1) is 0 Å². The molecule has 0 aliphatic rings. The van der Waals surface area contributed by atoms with Gasteiger partial charge in [-0.15, -0.1) is 0 Å². The van der Waals surface area contributed by atoms with Crippen molar-refractivity contribution in [2.24, 2.45) is 0 Å². The molecule has 8 heteroatoms. The highest BCUT2D eigenvalue weighted by atomic mass is 35.7. The topological polar surface area (TPSA) is 47.0 Å². The minimum Gasteiger partial charge on any atom is -0.251 e. The summed E-state index contributed by atoms with van der Waals surface area (Å²) in [6.45, 7) is 0. The third kappa shape index (κ3) is 2.98. The normalized spacial score (nSPS) is 14.5. The molecule has 0 aliphatic heterocycles. The lowest BCUT2D eigenvalue weighted by atomic mass is 10.2. The molecule has 0 bridgehead atoms. The summed E-state index contributed by atoms with van der Waals surface area (Å²) in [6.07, 6.45) is -5.02. The van der Waals surface area contributed by atoms with E-state index in [4.69, 9.17) is 10.7 Å². The third-order valence-electron chi connectivity index (χ3n) is 2.47. The van der Waals surface area contributed by atoms with Crippen molar-refractivity contribution in [3.8, 4) is 0 Å². The lowest BCUT2D eigenvalue weighted by Crippen LogP contribution is -2.26. The fourth-order valence-electron chi connectivity index (χ4n) is 1.70. The minimum atomic E-state index is -5.02. The zero-order valence-electron chi connectivity index (χ0n) is 9.23. The number of hydrogen-bond donors (Lipinski definition) is 0. The molecule has 0 saturated heterocycles. The monoisotopic (exact) mass is 309 g/mol.